The van der Waals surface area contributed by atoms with Crippen molar-refractivity contribution in [3.8, 4) is 0 Å². The summed E-state index contributed by atoms with van der Waals surface area (Å²) in [5.74, 6) is -1.12. The van der Waals surface area contributed by atoms with Crippen LogP contribution >= 0.6 is 7.60 Å². The predicted octanol–water partition coefficient (Wildman–Crippen LogP) is 4.66. The number of aromatic amines is 1. The Morgan fingerprint density at radius 1 is 0.903 bits per heavy atom. The van der Waals surface area contributed by atoms with E-state index in [1.807, 2.05) is 36.4 Å². The molecule has 1 heterocycles. The molecule has 0 fully saturated rings. The molecule has 4 rings (SSSR count). The number of nitrogens with one attached hydrogen (secondary N) is 1. The first-order valence-electron chi connectivity index (χ1n) is 10.1. The Morgan fingerprint density at radius 2 is 1.55 bits per heavy atom. The van der Waals surface area contributed by atoms with E-state index >= 15 is 0 Å². The molecule has 1 unspecified atom stereocenters. The zero-order valence-corrected chi connectivity index (χ0v) is 18.2. The van der Waals surface area contributed by atoms with Gasteiger partial charge in [-0.05, 0) is 30.9 Å². The molecule has 0 bridgehead atoms. The molecule has 0 saturated heterocycles. The number of benzene rings is 3. The van der Waals surface area contributed by atoms with Crippen molar-refractivity contribution >= 4 is 29.4 Å². The molecule has 1 atom stereocenters. The highest BCUT2D eigenvalue weighted by atomic mass is 31.2. The van der Waals surface area contributed by atoms with Crippen molar-refractivity contribution in [1.82, 2.24) is 9.55 Å². The Morgan fingerprint density at radius 3 is 2.23 bits per heavy atom. The van der Waals surface area contributed by atoms with Gasteiger partial charge in [-0.25, -0.2) is 0 Å². The Balaban J connectivity index is 2.15. The molecule has 3 aromatic carbocycles. The second kappa shape index (κ2) is 8.63. The van der Waals surface area contributed by atoms with Gasteiger partial charge in [0.25, 0.3) is 0 Å². The highest BCUT2D eigenvalue weighted by molar-refractivity contribution is 7.54. The summed E-state index contributed by atoms with van der Waals surface area (Å²) in [6.45, 7) is 3.67. The normalized spacial score (nSPS) is 13.0. The van der Waals surface area contributed by atoms with Crippen LogP contribution in [-0.2, 0) is 13.6 Å². The van der Waals surface area contributed by atoms with Crippen molar-refractivity contribution in [1.29, 1.82) is 0 Å². The summed E-state index contributed by atoms with van der Waals surface area (Å²) >= 11 is 0. The van der Waals surface area contributed by atoms with E-state index < -0.39 is 24.5 Å². The van der Waals surface area contributed by atoms with Crippen molar-refractivity contribution < 1.29 is 13.6 Å². The second-order valence-corrected chi connectivity index (χ2v) is 9.06. The molecular weight excluding hydrogens is 415 g/mol. The van der Waals surface area contributed by atoms with Crippen LogP contribution in [0, 0.1) is 0 Å². The maximum absolute atomic E-state index is 14.0. The minimum atomic E-state index is -3.87. The SMILES string of the molecule is CCOP(=O)(OCC)C(c1ccccc1)n1c(=O)c(=O)[nH]c2c3ccccc3ccc21. The fraction of sp³-hybridized carbons (Fsp3) is 0.217. The van der Waals surface area contributed by atoms with E-state index in [0.29, 0.717) is 16.6 Å². The molecule has 0 aliphatic carbocycles. The van der Waals surface area contributed by atoms with Gasteiger partial charge in [0.2, 0.25) is 0 Å². The van der Waals surface area contributed by atoms with Crippen molar-refractivity contribution in [2.75, 3.05) is 13.2 Å². The fourth-order valence-electron chi connectivity index (χ4n) is 3.86. The lowest BCUT2D eigenvalue weighted by Crippen LogP contribution is -2.39. The molecule has 0 saturated carbocycles. The molecule has 0 aliphatic rings. The summed E-state index contributed by atoms with van der Waals surface area (Å²) in [7, 11) is -3.87. The van der Waals surface area contributed by atoms with Crippen LogP contribution in [0.2, 0.25) is 0 Å². The molecule has 1 aromatic heterocycles. The smallest absolute Gasteiger partial charge is 0.315 e. The third kappa shape index (κ3) is 3.76. The Kier molecular flexibility index (Phi) is 5.92. The zero-order chi connectivity index (χ0) is 22.0. The fourth-order valence-corrected chi connectivity index (χ4v) is 5.98. The number of H-pyrrole nitrogens is 1. The highest BCUT2D eigenvalue weighted by Gasteiger charge is 2.40. The highest BCUT2D eigenvalue weighted by Crippen LogP contribution is 2.61. The zero-order valence-electron chi connectivity index (χ0n) is 17.3. The van der Waals surface area contributed by atoms with Crippen molar-refractivity contribution in [3.05, 3.63) is 93.0 Å². The first-order chi connectivity index (χ1) is 15.0. The first kappa shape index (κ1) is 21.2. The van der Waals surface area contributed by atoms with Crippen LogP contribution in [0.4, 0.5) is 0 Å². The average molecular weight is 438 g/mol. The monoisotopic (exact) mass is 438 g/mol. The maximum Gasteiger partial charge on any atom is 0.357 e. The van der Waals surface area contributed by atoms with Gasteiger partial charge in [-0.2, -0.15) is 0 Å². The maximum atomic E-state index is 14.0. The van der Waals surface area contributed by atoms with E-state index in [9.17, 15) is 14.2 Å². The van der Waals surface area contributed by atoms with Gasteiger partial charge in [0.05, 0.1) is 24.2 Å². The van der Waals surface area contributed by atoms with Gasteiger partial charge >= 0.3 is 18.7 Å². The first-order valence-corrected chi connectivity index (χ1v) is 11.7. The number of nitrogens with zero attached hydrogens (tertiary/aromatic N) is 1. The van der Waals surface area contributed by atoms with Crippen molar-refractivity contribution in [2.45, 2.75) is 19.6 Å². The van der Waals surface area contributed by atoms with Gasteiger partial charge in [0, 0.05) is 5.39 Å². The molecule has 7 nitrogen and oxygen atoms in total. The van der Waals surface area contributed by atoms with E-state index in [0.717, 1.165) is 10.8 Å². The third-order valence-corrected chi connectivity index (χ3v) is 7.44. The summed E-state index contributed by atoms with van der Waals surface area (Å²) in [6, 6.07) is 20.0. The van der Waals surface area contributed by atoms with E-state index in [1.54, 1.807) is 44.2 Å². The van der Waals surface area contributed by atoms with Gasteiger partial charge < -0.3 is 14.0 Å². The Bertz CT molecular complexity index is 1380. The van der Waals surface area contributed by atoms with Crippen LogP contribution in [0.5, 0.6) is 0 Å². The Hall–Kier alpha value is -2.99. The van der Waals surface area contributed by atoms with Gasteiger partial charge in [0.15, 0.2) is 5.78 Å². The summed E-state index contributed by atoms with van der Waals surface area (Å²) in [5.41, 5.74) is -0.143. The summed E-state index contributed by atoms with van der Waals surface area (Å²) in [5, 5.41) is 1.69. The van der Waals surface area contributed by atoms with E-state index in [1.165, 1.54) is 4.57 Å². The van der Waals surface area contributed by atoms with Crippen LogP contribution < -0.4 is 11.1 Å². The molecule has 0 aliphatic heterocycles. The number of rotatable bonds is 7. The molecule has 31 heavy (non-hydrogen) atoms. The molecular formula is C23H23N2O5P. The molecule has 1 N–H and O–H groups in total. The topological polar surface area (TPSA) is 90.4 Å². The van der Waals surface area contributed by atoms with E-state index in [2.05, 4.69) is 4.98 Å². The lowest BCUT2D eigenvalue weighted by atomic mass is 10.1. The van der Waals surface area contributed by atoms with Gasteiger partial charge in [-0.1, -0.05) is 60.7 Å². The summed E-state index contributed by atoms with van der Waals surface area (Å²) < 4.78 is 26.5. The van der Waals surface area contributed by atoms with Crippen LogP contribution in [0.25, 0.3) is 21.8 Å². The minimum Gasteiger partial charge on any atom is -0.315 e. The van der Waals surface area contributed by atoms with E-state index in [-0.39, 0.29) is 13.2 Å². The summed E-state index contributed by atoms with van der Waals surface area (Å²) in [6.07, 6.45) is 0. The van der Waals surface area contributed by atoms with Gasteiger partial charge in [-0.3, -0.25) is 18.7 Å². The quantitative estimate of drug-likeness (QED) is 0.258. The summed E-state index contributed by atoms with van der Waals surface area (Å²) in [4.78, 5) is 28.6. The average Bonchev–Trinajstić information content (AvgIpc) is 2.77. The van der Waals surface area contributed by atoms with E-state index in [4.69, 9.17) is 9.05 Å². The lowest BCUT2D eigenvalue weighted by Gasteiger charge is -2.29. The predicted molar refractivity (Wildman–Crippen MR) is 122 cm³/mol. The third-order valence-electron chi connectivity index (χ3n) is 5.08. The number of aromatic nitrogens is 2. The molecule has 0 amide bonds. The van der Waals surface area contributed by atoms with Crippen LogP contribution in [0.3, 0.4) is 0 Å². The number of hydrogen-bond acceptors (Lipinski definition) is 5. The Labute approximate surface area is 178 Å². The van der Waals surface area contributed by atoms with Crippen molar-refractivity contribution in [2.24, 2.45) is 0 Å². The van der Waals surface area contributed by atoms with Gasteiger partial charge in [0.1, 0.15) is 0 Å². The molecule has 4 aromatic rings. The lowest BCUT2D eigenvalue weighted by molar-refractivity contribution is 0.208. The van der Waals surface area contributed by atoms with Gasteiger partial charge in [-0.15, -0.1) is 0 Å². The molecule has 0 spiro atoms. The standard InChI is InChI=1S/C23H23N2O5P/c1-3-29-31(28,30-4-2)23(17-11-6-5-7-12-17)25-19-15-14-16-10-8-9-13-18(16)20(19)24-21(26)22(25)27/h5-15,23H,3-4H2,1-2H3,(H,24,26). The number of fused-ring (bicyclic) bond motifs is 3. The second-order valence-electron chi connectivity index (χ2n) is 6.97. The molecule has 160 valence electrons. The van der Waals surface area contributed by atoms with Crippen LogP contribution in [0.15, 0.2) is 76.3 Å². The minimum absolute atomic E-state index is 0.124. The molecule has 0 radical (unpaired) electrons. The number of hydrogen-bond donors (Lipinski definition) is 1. The largest absolute Gasteiger partial charge is 0.357 e. The van der Waals surface area contributed by atoms with Crippen molar-refractivity contribution in [3.63, 3.8) is 0 Å². The van der Waals surface area contributed by atoms with Crippen LogP contribution in [-0.4, -0.2) is 22.8 Å². The van der Waals surface area contributed by atoms with Crippen LogP contribution in [0.1, 0.15) is 25.2 Å². The molecule has 8 heteroatoms.